The first-order chi connectivity index (χ1) is 8.36. The van der Waals surface area contributed by atoms with Crippen molar-refractivity contribution in [2.75, 3.05) is 13.1 Å². The highest BCUT2D eigenvalue weighted by molar-refractivity contribution is 7.87. The molecule has 1 aliphatic carbocycles. The van der Waals surface area contributed by atoms with Crippen LogP contribution in [0.3, 0.4) is 0 Å². The molecule has 2 aliphatic rings. The molecule has 1 unspecified atom stereocenters. The molecule has 0 amide bonds. The van der Waals surface area contributed by atoms with Gasteiger partial charge < -0.3 is 5.11 Å². The Morgan fingerprint density at radius 3 is 2.50 bits per heavy atom. The molecule has 0 bridgehead atoms. The van der Waals surface area contributed by atoms with Crippen LogP contribution in [-0.4, -0.2) is 42.4 Å². The number of carboxylic acids is 1. The van der Waals surface area contributed by atoms with E-state index in [4.69, 9.17) is 5.11 Å². The number of hydrogen-bond donors (Lipinski definition) is 2. The summed E-state index contributed by atoms with van der Waals surface area (Å²) in [5, 5.41) is 9.15. The normalized spacial score (nSPS) is 28.6. The zero-order chi connectivity index (χ0) is 13.4. The van der Waals surface area contributed by atoms with Gasteiger partial charge >= 0.3 is 5.97 Å². The molecular formula is C11H20N2O4S. The van der Waals surface area contributed by atoms with Gasteiger partial charge in [0.05, 0.1) is 0 Å². The first kappa shape index (κ1) is 13.8. The monoisotopic (exact) mass is 276 g/mol. The Morgan fingerprint density at radius 2 is 2.06 bits per heavy atom. The van der Waals surface area contributed by atoms with Crippen LogP contribution in [-0.2, 0) is 15.0 Å². The third-order valence-electron chi connectivity index (χ3n) is 3.90. The number of nitrogens with zero attached hydrogens (tertiary/aromatic N) is 1. The first-order valence-corrected chi connectivity index (χ1v) is 7.82. The van der Waals surface area contributed by atoms with E-state index in [1.807, 2.05) is 6.92 Å². The Morgan fingerprint density at radius 1 is 1.39 bits per heavy atom. The number of hydrogen-bond acceptors (Lipinski definition) is 3. The Bertz CT molecular complexity index is 430. The minimum Gasteiger partial charge on any atom is -0.480 e. The summed E-state index contributed by atoms with van der Waals surface area (Å²) in [6.45, 7) is 2.97. The molecule has 1 saturated heterocycles. The molecule has 6 nitrogen and oxygen atoms in total. The van der Waals surface area contributed by atoms with E-state index in [9.17, 15) is 13.2 Å². The molecule has 2 fully saturated rings. The third-order valence-corrected chi connectivity index (χ3v) is 5.56. The predicted octanol–water partition coefficient (Wildman–Crippen LogP) is 0.560. The minimum atomic E-state index is -3.68. The zero-order valence-electron chi connectivity index (χ0n) is 10.6. The van der Waals surface area contributed by atoms with Crippen molar-refractivity contribution in [2.45, 2.75) is 44.6 Å². The van der Waals surface area contributed by atoms with Crippen molar-refractivity contribution in [3.8, 4) is 0 Å². The van der Waals surface area contributed by atoms with Gasteiger partial charge in [0.2, 0.25) is 0 Å². The van der Waals surface area contributed by atoms with Gasteiger partial charge in [-0.1, -0.05) is 6.92 Å². The molecular weight excluding hydrogens is 256 g/mol. The van der Waals surface area contributed by atoms with Crippen molar-refractivity contribution in [3.05, 3.63) is 0 Å². The van der Waals surface area contributed by atoms with Crippen LogP contribution >= 0.6 is 0 Å². The van der Waals surface area contributed by atoms with Crippen LogP contribution in [0.15, 0.2) is 0 Å². The highest BCUT2D eigenvalue weighted by Gasteiger charge is 2.48. The summed E-state index contributed by atoms with van der Waals surface area (Å²) in [6, 6.07) is 0. The molecule has 2 rings (SSSR count). The molecule has 104 valence electrons. The zero-order valence-corrected chi connectivity index (χ0v) is 11.4. The SMILES string of the molecule is CC1CCCN(S(=O)(=O)NC2(C(=O)O)CCC2)C1. The lowest BCUT2D eigenvalue weighted by molar-refractivity contribution is -0.147. The van der Waals surface area contributed by atoms with Gasteiger partial charge in [0.1, 0.15) is 5.54 Å². The molecule has 1 heterocycles. The second-order valence-electron chi connectivity index (χ2n) is 5.45. The van der Waals surface area contributed by atoms with E-state index in [0.29, 0.717) is 31.8 Å². The van der Waals surface area contributed by atoms with Gasteiger partial charge in [0.15, 0.2) is 0 Å². The van der Waals surface area contributed by atoms with Crippen molar-refractivity contribution in [2.24, 2.45) is 5.92 Å². The highest BCUT2D eigenvalue weighted by atomic mass is 32.2. The maximum Gasteiger partial charge on any atom is 0.324 e. The average Bonchev–Trinajstić information content (AvgIpc) is 2.23. The molecule has 7 heteroatoms. The first-order valence-electron chi connectivity index (χ1n) is 6.38. The second kappa shape index (κ2) is 4.79. The average molecular weight is 276 g/mol. The van der Waals surface area contributed by atoms with E-state index in [-0.39, 0.29) is 0 Å². The molecule has 0 aromatic rings. The van der Waals surface area contributed by atoms with E-state index >= 15 is 0 Å². The summed E-state index contributed by atoms with van der Waals surface area (Å²) >= 11 is 0. The molecule has 0 aromatic heterocycles. The van der Waals surface area contributed by atoms with E-state index in [0.717, 1.165) is 19.3 Å². The van der Waals surface area contributed by atoms with E-state index < -0.39 is 21.7 Å². The maximum absolute atomic E-state index is 12.2. The molecule has 18 heavy (non-hydrogen) atoms. The summed E-state index contributed by atoms with van der Waals surface area (Å²) < 4.78 is 28.2. The van der Waals surface area contributed by atoms with Crippen molar-refractivity contribution < 1.29 is 18.3 Å². The Labute approximate surface area is 108 Å². The van der Waals surface area contributed by atoms with Crippen LogP contribution in [0.25, 0.3) is 0 Å². The fourth-order valence-corrected chi connectivity index (χ4v) is 4.30. The van der Waals surface area contributed by atoms with E-state index in [2.05, 4.69) is 4.72 Å². The highest BCUT2D eigenvalue weighted by Crippen LogP contribution is 2.33. The van der Waals surface area contributed by atoms with Crippen LogP contribution in [0.1, 0.15) is 39.0 Å². The topological polar surface area (TPSA) is 86.7 Å². The van der Waals surface area contributed by atoms with Crippen LogP contribution in [0.2, 0.25) is 0 Å². The number of carbonyl (C=O) groups is 1. The van der Waals surface area contributed by atoms with Crippen LogP contribution in [0, 0.1) is 5.92 Å². The molecule has 0 radical (unpaired) electrons. The van der Waals surface area contributed by atoms with Gasteiger partial charge in [0, 0.05) is 13.1 Å². The van der Waals surface area contributed by atoms with Crippen LogP contribution in [0.4, 0.5) is 0 Å². The Kier molecular flexibility index (Phi) is 3.66. The molecule has 0 spiro atoms. The van der Waals surface area contributed by atoms with Crippen LogP contribution in [0.5, 0.6) is 0 Å². The standard InChI is InChI=1S/C11H20N2O4S/c1-9-4-2-7-13(8-9)18(16,17)12-11(10(14)15)5-3-6-11/h9,12H,2-8H2,1H3,(H,14,15). The number of rotatable bonds is 4. The number of aliphatic carboxylic acids is 1. The summed E-state index contributed by atoms with van der Waals surface area (Å²) in [6.07, 6.45) is 3.37. The van der Waals surface area contributed by atoms with Gasteiger partial charge in [-0.2, -0.15) is 17.4 Å². The maximum atomic E-state index is 12.2. The number of carboxylic acid groups (broad SMARTS) is 1. The molecule has 1 saturated carbocycles. The van der Waals surface area contributed by atoms with Gasteiger partial charge in [-0.15, -0.1) is 0 Å². The summed E-state index contributed by atoms with van der Waals surface area (Å²) in [4.78, 5) is 11.2. The van der Waals surface area contributed by atoms with Crippen LogP contribution < -0.4 is 4.72 Å². The predicted molar refractivity (Wildman–Crippen MR) is 66.2 cm³/mol. The van der Waals surface area contributed by atoms with Crippen molar-refractivity contribution in [3.63, 3.8) is 0 Å². The smallest absolute Gasteiger partial charge is 0.324 e. The molecule has 2 N–H and O–H groups in total. The van der Waals surface area contributed by atoms with Crippen molar-refractivity contribution in [1.29, 1.82) is 0 Å². The lowest BCUT2D eigenvalue weighted by Crippen LogP contribution is -2.62. The number of nitrogens with one attached hydrogen (secondary N) is 1. The molecule has 0 aromatic carbocycles. The van der Waals surface area contributed by atoms with E-state index in [1.165, 1.54) is 4.31 Å². The van der Waals surface area contributed by atoms with Crippen molar-refractivity contribution >= 4 is 16.2 Å². The Hall–Kier alpha value is -0.660. The van der Waals surface area contributed by atoms with Crippen molar-refractivity contribution in [1.82, 2.24) is 9.03 Å². The largest absolute Gasteiger partial charge is 0.480 e. The van der Waals surface area contributed by atoms with Gasteiger partial charge in [-0.25, -0.2) is 0 Å². The van der Waals surface area contributed by atoms with Gasteiger partial charge in [-0.05, 0) is 38.0 Å². The lowest BCUT2D eigenvalue weighted by Gasteiger charge is -2.40. The number of piperidine rings is 1. The quantitative estimate of drug-likeness (QED) is 0.785. The van der Waals surface area contributed by atoms with Gasteiger partial charge in [0.25, 0.3) is 10.2 Å². The molecule has 1 aliphatic heterocycles. The van der Waals surface area contributed by atoms with E-state index in [1.54, 1.807) is 0 Å². The summed E-state index contributed by atoms with van der Waals surface area (Å²) in [7, 11) is -3.68. The molecule has 1 atom stereocenters. The Balaban J connectivity index is 2.09. The second-order valence-corrected chi connectivity index (χ2v) is 7.12. The third kappa shape index (κ3) is 2.53. The lowest BCUT2D eigenvalue weighted by atomic mass is 9.78. The van der Waals surface area contributed by atoms with Gasteiger partial charge in [-0.3, -0.25) is 4.79 Å². The summed E-state index contributed by atoms with van der Waals surface area (Å²) in [5.74, 6) is -0.736. The minimum absolute atomic E-state index is 0.331. The summed E-state index contributed by atoms with van der Waals surface area (Å²) in [5.41, 5.74) is -1.26. The fraction of sp³-hybridized carbons (Fsp3) is 0.909. The fourth-order valence-electron chi connectivity index (χ4n) is 2.57.